The minimum Gasteiger partial charge on any atom is -0.443 e. The van der Waals surface area contributed by atoms with Crippen LogP contribution < -0.4 is 0 Å². The second-order valence-corrected chi connectivity index (χ2v) is 7.79. The Morgan fingerprint density at radius 1 is 1.24 bits per heavy atom. The molecular weight excluding hydrogens is 370 g/mol. The number of halogens is 4. The molecule has 2 rings (SSSR count). The highest BCUT2D eigenvalue weighted by molar-refractivity contribution is 7.85. The lowest BCUT2D eigenvalue weighted by molar-refractivity contribution is -0.137. The molecule has 1 aromatic rings. The summed E-state index contributed by atoms with van der Waals surface area (Å²) in [5.41, 5.74) is -2.74. The average molecular weight is 385 g/mol. The second-order valence-electron chi connectivity index (χ2n) is 6.31. The third-order valence-electron chi connectivity index (χ3n) is 3.10. The molecule has 1 amide bonds. The largest absolute Gasteiger partial charge is 0.443 e. The predicted octanol–water partition coefficient (Wildman–Crippen LogP) is 3.40. The van der Waals surface area contributed by atoms with Crippen LogP contribution in [0.25, 0.3) is 0 Å². The van der Waals surface area contributed by atoms with Gasteiger partial charge < -0.3 is 4.74 Å². The summed E-state index contributed by atoms with van der Waals surface area (Å²) in [5, 5.41) is 0. The lowest BCUT2D eigenvalue weighted by atomic mass is 10.0. The fraction of sp³-hybridized carbons (Fsp3) is 0.500. The number of benzene rings is 1. The van der Waals surface area contributed by atoms with Crippen molar-refractivity contribution < 1.29 is 39.7 Å². The number of alkyl halides is 3. The highest BCUT2D eigenvalue weighted by Crippen LogP contribution is 2.37. The molecule has 6 nitrogen and oxygen atoms in total. The van der Waals surface area contributed by atoms with Crippen molar-refractivity contribution in [2.75, 3.05) is 6.61 Å². The molecular formula is C14H15F4NO5S. The van der Waals surface area contributed by atoms with Gasteiger partial charge in [-0.15, -0.1) is 0 Å². The number of carbonyl (C=O) groups is 1. The average Bonchev–Trinajstić information content (AvgIpc) is 2.70. The van der Waals surface area contributed by atoms with Crippen molar-refractivity contribution in [2.24, 2.45) is 0 Å². The zero-order valence-corrected chi connectivity index (χ0v) is 14.2. The van der Waals surface area contributed by atoms with Crippen LogP contribution >= 0.6 is 0 Å². The second kappa shape index (κ2) is 6.13. The van der Waals surface area contributed by atoms with Crippen LogP contribution in [0.4, 0.5) is 22.4 Å². The van der Waals surface area contributed by atoms with E-state index in [1.165, 1.54) is 20.8 Å². The van der Waals surface area contributed by atoms with Crippen molar-refractivity contribution in [3.05, 3.63) is 35.1 Å². The summed E-state index contributed by atoms with van der Waals surface area (Å²) in [5.74, 6) is -1.22. The van der Waals surface area contributed by atoms with Crippen LogP contribution in [0.5, 0.6) is 0 Å². The molecule has 1 saturated heterocycles. The summed E-state index contributed by atoms with van der Waals surface area (Å²) in [6.07, 6.45) is -6.17. The maximum atomic E-state index is 13.6. The highest BCUT2D eigenvalue weighted by atomic mass is 32.2. The summed E-state index contributed by atoms with van der Waals surface area (Å²) in [7, 11) is -4.56. The summed E-state index contributed by atoms with van der Waals surface area (Å²) in [6.45, 7) is 3.79. The van der Waals surface area contributed by atoms with Crippen molar-refractivity contribution in [1.82, 2.24) is 4.31 Å². The normalized spacial score (nSPS) is 20.6. The van der Waals surface area contributed by atoms with E-state index in [0.29, 0.717) is 12.1 Å². The van der Waals surface area contributed by atoms with Crippen LogP contribution in [0.2, 0.25) is 0 Å². The van der Waals surface area contributed by atoms with E-state index in [1.807, 2.05) is 0 Å². The number of rotatable bonds is 1. The Balaban J connectivity index is 2.47. The van der Waals surface area contributed by atoms with Crippen molar-refractivity contribution in [2.45, 2.75) is 38.6 Å². The van der Waals surface area contributed by atoms with Gasteiger partial charge in [0.15, 0.2) is 0 Å². The Hall–Kier alpha value is -1.88. The van der Waals surface area contributed by atoms with Crippen molar-refractivity contribution in [3.63, 3.8) is 0 Å². The molecule has 25 heavy (non-hydrogen) atoms. The molecule has 1 heterocycles. The van der Waals surface area contributed by atoms with Gasteiger partial charge in [0.2, 0.25) is 0 Å². The molecule has 11 heteroatoms. The highest BCUT2D eigenvalue weighted by Gasteiger charge is 2.46. The van der Waals surface area contributed by atoms with Crippen molar-refractivity contribution in [1.29, 1.82) is 0 Å². The number of hydrogen-bond donors (Lipinski definition) is 0. The fourth-order valence-electron chi connectivity index (χ4n) is 2.16. The summed E-state index contributed by atoms with van der Waals surface area (Å²) in [4.78, 5) is 12.2. The molecule has 0 N–H and O–H groups in total. The Bertz CT molecular complexity index is 785. The lowest BCUT2D eigenvalue weighted by Crippen LogP contribution is -2.39. The molecule has 1 atom stereocenters. The van der Waals surface area contributed by atoms with Crippen LogP contribution in [0.1, 0.15) is 37.9 Å². The molecule has 0 radical (unpaired) electrons. The third-order valence-corrected chi connectivity index (χ3v) is 4.42. The zero-order valence-electron chi connectivity index (χ0n) is 13.4. The Morgan fingerprint density at radius 3 is 2.36 bits per heavy atom. The fourth-order valence-corrected chi connectivity index (χ4v) is 3.28. The zero-order chi connectivity index (χ0) is 19.2. The van der Waals surface area contributed by atoms with Gasteiger partial charge in [0.1, 0.15) is 17.5 Å². The minimum atomic E-state index is -4.84. The van der Waals surface area contributed by atoms with E-state index in [-0.39, 0.29) is 15.9 Å². The maximum absolute atomic E-state index is 13.6. The van der Waals surface area contributed by atoms with Gasteiger partial charge in [-0.1, -0.05) is 0 Å². The van der Waals surface area contributed by atoms with Crippen molar-refractivity contribution >= 4 is 16.4 Å². The predicted molar refractivity (Wildman–Crippen MR) is 77.1 cm³/mol. The number of ether oxygens (including phenoxy) is 1. The van der Waals surface area contributed by atoms with E-state index in [2.05, 4.69) is 4.18 Å². The van der Waals surface area contributed by atoms with Crippen LogP contribution in [0.3, 0.4) is 0 Å². The van der Waals surface area contributed by atoms with Gasteiger partial charge in [-0.25, -0.2) is 9.18 Å². The Morgan fingerprint density at radius 2 is 1.84 bits per heavy atom. The lowest BCUT2D eigenvalue weighted by Gasteiger charge is -2.26. The molecule has 140 valence electrons. The molecule has 1 fully saturated rings. The molecule has 0 saturated carbocycles. The van der Waals surface area contributed by atoms with Crippen LogP contribution in [0.15, 0.2) is 18.2 Å². The van der Waals surface area contributed by atoms with Crippen LogP contribution in [0, 0.1) is 5.82 Å². The van der Waals surface area contributed by atoms with Gasteiger partial charge >= 0.3 is 22.6 Å². The van der Waals surface area contributed by atoms with Gasteiger partial charge in [-0.3, -0.25) is 4.18 Å². The van der Waals surface area contributed by atoms with Crippen LogP contribution in [-0.2, 0) is 25.4 Å². The number of hydrogen-bond acceptors (Lipinski definition) is 5. The van der Waals surface area contributed by atoms with Gasteiger partial charge in [0.05, 0.1) is 12.2 Å². The quantitative estimate of drug-likeness (QED) is 0.693. The first-order valence-electron chi connectivity index (χ1n) is 7.00. The monoisotopic (exact) mass is 385 g/mol. The van der Waals surface area contributed by atoms with E-state index < -0.39 is 52.2 Å². The molecule has 0 aliphatic carbocycles. The van der Waals surface area contributed by atoms with Gasteiger partial charge in [-0.2, -0.15) is 25.9 Å². The SMILES string of the molecule is CC(C)(C)OC(=O)N1[C@@H](c2cc(F)cc(C(F)(F)F)c2)COS1(=O)=O. The number of carbonyl (C=O) groups excluding carboxylic acids is 1. The Labute approximate surface area is 141 Å². The molecule has 1 aliphatic heterocycles. The first-order valence-corrected chi connectivity index (χ1v) is 8.37. The molecule has 0 bridgehead atoms. The minimum absolute atomic E-state index is 0.174. The third kappa shape index (κ3) is 4.40. The van der Waals surface area contributed by atoms with Crippen LogP contribution in [-0.4, -0.2) is 31.0 Å². The van der Waals surface area contributed by atoms with Gasteiger partial charge in [0.25, 0.3) is 0 Å². The van der Waals surface area contributed by atoms with E-state index in [0.717, 1.165) is 0 Å². The molecule has 0 unspecified atom stereocenters. The smallest absolute Gasteiger partial charge is 0.426 e. The molecule has 1 aromatic carbocycles. The van der Waals surface area contributed by atoms with Gasteiger partial charge in [-0.05, 0) is 44.5 Å². The molecule has 1 aliphatic rings. The summed E-state index contributed by atoms with van der Waals surface area (Å²) < 4.78 is 85.6. The molecule has 0 spiro atoms. The standard InChI is InChI=1S/C14H15F4NO5S/c1-13(2,3)24-12(20)19-11(7-23-25(19,21)22)8-4-9(14(16,17)18)6-10(15)5-8/h4-6,11H,7H2,1-3H3/t11-/m1/s1. The van der Waals surface area contributed by atoms with E-state index in [4.69, 9.17) is 4.74 Å². The van der Waals surface area contributed by atoms with Crippen molar-refractivity contribution in [3.8, 4) is 0 Å². The number of nitrogens with zero attached hydrogens (tertiary/aromatic N) is 1. The first kappa shape index (κ1) is 19.4. The Kier molecular flexibility index (Phi) is 4.77. The van der Waals surface area contributed by atoms with Gasteiger partial charge in [0, 0.05) is 0 Å². The summed E-state index contributed by atoms with van der Waals surface area (Å²) in [6, 6.07) is 0.0687. The summed E-state index contributed by atoms with van der Waals surface area (Å²) >= 11 is 0. The first-order chi connectivity index (χ1) is 11.2. The maximum Gasteiger partial charge on any atom is 0.426 e. The number of amides is 1. The molecule has 0 aromatic heterocycles. The van der Waals surface area contributed by atoms with E-state index in [1.54, 1.807) is 0 Å². The van der Waals surface area contributed by atoms with E-state index in [9.17, 15) is 30.8 Å². The topological polar surface area (TPSA) is 72.9 Å². The van der Waals surface area contributed by atoms with E-state index >= 15 is 0 Å².